The summed E-state index contributed by atoms with van der Waals surface area (Å²) in [5.74, 6) is 0.111. The monoisotopic (exact) mass is 529 g/mol. The van der Waals surface area contributed by atoms with Crippen LogP contribution in [0.1, 0.15) is 62.9 Å². The summed E-state index contributed by atoms with van der Waals surface area (Å²) in [4.78, 5) is 33.9. The molecule has 1 aromatic heterocycles. The van der Waals surface area contributed by atoms with Crippen molar-refractivity contribution < 1.29 is 19.1 Å². The molecule has 0 unspecified atom stereocenters. The Balaban J connectivity index is 1.54. The fourth-order valence-corrected chi connectivity index (χ4v) is 5.71. The maximum absolute atomic E-state index is 13.3. The number of aryl methyl sites for hydroxylation is 1. The Bertz CT molecular complexity index is 1390. The molecule has 0 saturated carbocycles. The van der Waals surface area contributed by atoms with E-state index < -0.39 is 5.60 Å². The van der Waals surface area contributed by atoms with Crippen LogP contribution in [0, 0.1) is 6.92 Å². The zero-order chi connectivity index (χ0) is 27.7. The van der Waals surface area contributed by atoms with Gasteiger partial charge in [0.05, 0.1) is 5.52 Å². The van der Waals surface area contributed by atoms with Gasteiger partial charge in [-0.05, 0) is 93.0 Å². The fraction of sp³-hybridized carbons (Fsp3) is 0.469. The third-order valence-electron chi connectivity index (χ3n) is 7.62. The number of carbonyl (C=O) groups excluding carboxylic acids is 2. The lowest BCUT2D eigenvalue weighted by atomic mass is 9.88. The Labute approximate surface area is 231 Å². The molecule has 0 aliphatic carbocycles. The van der Waals surface area contributed by atoms with Gasteiger partial charge in [0.15, 0.2) is 0 Å². The molecule has 0 bridgehead atoms. The number of benzene rings is 2. The van der Waals surface area contributed by atoms with Crippen molar-refractivity contribution in [3.05, 3.63) is 64.8 Å². The molecule has 0 spiro atoms. The molecule has 0 N–H and O–H groups in total. The van der Waals surface area contributed by atoms with E-state index in [4.69, 9.17) is 14.5 Å². The lowest BCUT2D eigenvalue weighted by Crippen LogP contribution is -2.45. The van der Waals surface area contributed by atoms with E-state index in [9.17, 15) is 9.59 Å². The molecule has 1 saturated heterocycles. The second-order valence-corrected chi connectivity index (χ2v) is 11.7. The molecule has 7 heteroatoms. The van der Waals surface area contributed by atoms with E-state index in [1.165, 1.54) is 16.7 Å². The predicted octanol–water partition coefficient (Wildman–Crippen LogP) is 6.03. The van der Waals surface area contributed by atoms with Gasteiger partial charge in [0.2, 0.25) is 5.91 Å². The summed E-state index contributed by atoms with van der Waals surface area (Å²) in [5, 5.41) is 1.07. The highest BCUT2D eigenvalue weighted by atomic mass is 16.6. The number of hydrogen-bond donors (Lipinski definition) is 0. The summed E-state index contributed by atoms with van der Waals surface area (Å²) in [6.07, 6.45) is 2.13. The van der Waals surface area contributed by atoms with E-state index in [-0.39, 0.29) is 18.0 Å². The fourth-order valence-electron chi connectivity index (χ4n) is 5.71. The van der Waals surface area contributed by atoms with Crippen molar-refractivity contribution in [3.8, 4) is 11.1 Å². The highest BCUT2D eigenvalue weighted by molar-refractivity contribution is 5.96. The molecule has 2 aliphatic heterocycles. The van der Waals surface area contributed by atoms with Gasteiger partial charge in [-0.25, -0.2) is 4.79 Å². The van der Waals surface area contributed by atoms with Gasteiger partial charge in [-0.1, -0.05) is 24.3 Å². The van der Waals surface area contributed by atoms with Gasteiger partial charge in [-0.2, -0.15) is 0 Å². The number of fused-ring (bicyclic) bond motifs is 2. The van der Waals surface area contributed by atoms with Crippen molar-refractivity contribution in [2.75, 3.05) is 19.8 Å². The van der Waals surface area contributed by atoms with Gasteiger partial charge in [0, 0.05) is 56.9 Å². The molecular weight excluding hydrogens is 490 g/mol. The number of aromatic nitrogens is 1. The number of amides is 2. The molecule has 0 atom stereocenters. The van der Waals surface area contributed by atoms with Gasteiger partial charge in [-0.15, -0.1) is 0 Å². The van der Waals surface area contributed by atoms with Crippen molar-refractivity contribution in [2.45, 2.75) is 78.6 Å². The molecule has 2 aromatic carbocycles. The Morgan fingerprint density at radius 2 is 1.87 bits per heavy atom. The zero-order valence-corrected chi connectivity index (χ0v) is 23.8. The van der Waals surface area contributed by atoms with Crippen molar-refractivity contribution in [1.29, 1.82) is 0 Å². The van der Waals surface area contributed by atoms with Gasteiger partial charge in [0.25, 0.3) is 0 Å². The number of hydrogen-bond acceptors (Lipinski definition) is 5. The van der Waals surface area contributed by atoms with Crippen LogP contribution in [0.4, 0.5) is 4.79 Å². The van der Waals surface area contributed by atoms with Gasteiger partial charge < -0.3 is 19.3 Å². The molecule has 39 heavy (non-hydrogen) atoms. The van der Waals surface area contributed by atoms with Crippen LogP contribution in [-0.2, 0) is 33.8 Å². The summed E-state index contributed by atoms with van der Waals surface area (Å²) in [6.45, 7) is 12.5. The highest BCUT2D eigenvalue weighted by Gasteiger charge is 2.30. The molecule has 1 fully saturated rings. The molecule has 5 rings (SSSR count). The molecule has 3 heterocycles. The number of nitrogens with zero attached hydrogens (tertiary/aromatic N) is 3. The van der Waals surface area contributed by atoms with Crippen LogP contribution in [0.15, 0.2) is 42.5 Å². The molecule has 2 aliphatic rings. The van der Waals surface area contributed by atoms with Gasteiger partial charge in [0.1, 0.15) is 5.60 Å². The zero-order valence-electron chi connectivity index (χ0n) is 23.8. The summed E-state index contributed by atoms with van der Waals surface area (Å²) in [7, 11) is 0. The number of pyridine rings is 1. The van der Waals surface area contributed by atoms with Crippen LogP contribution in [0.3, 0.4) is 0 Å². The van der Waals surface area contributed by atoms with Gasteiger partial charge in [-0.3, -0.25) is 9.78 Å². The normalized spacial score (nSPS) is 16.2. The Kier molecular flexibility index (Phi) is 7.63. The SMILES string of the molecule is CC(=O)N1CCc2c(cccc2-c2cc(C)nc3ccc(CN(C(=O)OC(C)(C)C)C4CCOCC4)cc23)C1. The first-order valence-electron chi connectivity index (χ1n) is 13.9. The van der Waals surface area contributed by atoms with E-state index >= 15 is 0 Å². The second kappa shape index (κ2) is 11.0. The van der Waals surface area contributed by atoms with Crippen molar-refractivity contribution in [1.82, 2.24) is 14.8 Å². The average Bonchev–Trinajstić information content (AvgIpc) is 2.90. The Morgan fingerprint density at radius 1 is 1.10 bits per heavy atom. The van der Waals surface area contributed by atoms with E-state index in [0.717, 1.165) is 53.5 Å². The smallest absolute Gasteiger partial charge is 0.410 e. The van der Waals surface area contributed by atoms with Crippen molar-refractivity contribution in [2.24, 2.45) is 0 Å². The second-order valence-electron chi connectivity index (χ2n) is 11.7. The number of ether oxygens (including phenoxy) is 2. The van der Waals surface area contributed by atoms with Crippen LogP contribution in [0.25, 0.3) is 22.0 Å². The minimum Gasteiger partial charge on any atom is -0.444 e. The first kappa shape index (κ1) is 27.1. The van der Waals surface area contributed by atoms with Crippen molar-refractivity contribution in [3.63, 3.8) is 0 Å². The van der Waals surface area contributed by atoms with Crippen LogP contribution >= 0.6 is 0 Å². The van der Waals surface area contributed by atoms with Crippen LogP contribution in [0.2, 0.25) is 0 Å². The predicted molar refractivity (Wildman–Crippen MR) is 152 cm³/mol. The molecule has 2 amide bonds. The maximum atomic E-state index is 13.3. The number of carbonyl (C=O) groups is 2. The molecule has 0 radical (unpaired) electrons. The molecule has 3 aromatic rings. The minimum absolute atomic E-state index is 0.0743. The van der Waals surface area contributed by atoms with Crippen LogP contribution in [0.5, 0.6) is 0 Å². The van der Waals surface area contributed by atoms with E-state index in [0.29, 0.717) is 26.3 Å². The van der Waals surface area contributed by atoms with E-state index in [1.807, 2.05) is 37.5 Å². The van der Waals surface area contributed by atoms with E-state index in [1.54, 1.807) is 6.92 Å². The topological polar surface area (TPSA) is 72.0 Å². The average molecular weight is 530 g/mol. The quantitative estimate of drug-likeness (QED) is 0.413. The summed E-state index contributed by atoms with van der Waals surface area (Å²) >= 11 is 0. The summed E-state index contributed by atoms with van der Waals surface area (Å²) in [5.41, 5.74) is 7.19. The van der Waals surface area contributed by atoms with E-state index in [2.05, 4.69) is 42.5 Å². The maximum Gasteiger partial charge on any atom is 0.410 e. The standard InChI is InChI=1S/C32H39N3O4/c1-21-17-28(27-8-6-7-24-20-34(22(2)36)14-11-26(24)27)29-18-23(9-10-30(29)33-21)19-35(25-12-15-38-16-13-25)31(37)39-32(3,4)5/h6-10,17-18,25H,11-16,19-20H2,1-5H3. The Hall–Kier alpha value is -3.45. The molecule has 206 valence electrons. The van der Waals surface area contributed by atoms with Gasteiger partial charge >= 0.3 is 6.09 Å². The van der Waals surface area contributed by atoms with Crippen molar-refractivity contribution >= 4 is 22.9 Å². The lowest BCUT2D eigenvalue weighted by molar-refractivity contribution is -0.129. The lowest BCUT2D eigenvalue weighted by Gasteiger charge is -2.35. The summed E-state index contributed by atoms with van der Waals surface area (Å²) in [6, 6.07) is 14.9. The first-order valence-corrected chi connectivity index (χ1v) is 13.9. The third kappa shape index (κ3) is 6.09. The minimum atomic E-state index is -0.567. The molecular formula is C32H39N3O4. The summed E-state index contributed by atoms with van der Waals surface area (Å²) < 4.78 is 11.4. The highest BCUT2D eigenvalue weighted by Crippen LogP contribution is 2.36. The first-order chi connectivity index (χ1) is 18.6. The van der Waals surface area contributed by atoms with Crippen LogP contribution < -0.4 is 0 Å². The van der Waals surface area contributed by atoms with Crippen LogP contribution in [-0.4, -0.2) is 58.2 Å². The Morgan fingerprint density at radius 3 is 2.59 bits per heavy atom. The molecule has 7 nitrogen and oxygen atoms in total. The largest absolute Gasteiger partial charge is 0.444 e. The third-order valence-corrected chi connectivity index (χ3v) is 7.62. The number of rotatable bonds is 4.